The summed E-state index contributed by atoms with van der Waals surface area (Å²) in [5.41, 5.74) is 2.21. The molecular formula is C11H10ClF4NO. The smallest absolute Gasteiger partial charge is 0.312 e. The molecule has 0 saturated carbocycles. The fourth-order valence-corrected chi connectivity index (χ4v) is 1.38. The summed E-state index contributed by atoms with van der Waals surface area (Å²) in [4.78, 5) is 11.5. The molecule has 1 aromatic carbocycles. The zero-order valence-electron chi connectivity index (χ0n) is 9.31. The molecule has 0 spiro atoms. The van der Waals surface area contributed by atoms with Crippen molar-refractivity contribution in [2.24, 2.45) is 5.73 Å². The highest BCUT2D eigenvalue weighted by Gasteiger charge is 2.53. The SMILES string of the molecule is CC(N)(C(=O)Cc1ccc(F)c(Cl)c1)C(F)(F)F. The molecule has 0 aromatic heterocycles. The van der Waals surface area contributed by atoms with E-state index in [-0.39, 0.29) is 10.6 Å². The highest BCUT2D eigenvalue weighted by molar-refractivity contribution is 6.30. The topological polar surface area (TPSA) is 43.1 Å². The van der Waals surface area contributed by atoms with Crippen LogP contribution < -0.4 is 5.73 Å². The zero-order valence-corrected chi connectivity index (χ0v) is 10.1. The first-order chi connectivity index (χ1) is 8.05. The number of nitrogens with two attached hydrogens (primary N) is 1. The molecule has 2 nitrogen and oxygen atoms in total. The van der Waals surface area contributed by atoms with Crippen molar-refractivity contribution in [1.82, 2.24) is 0 Å². The number of rotatable bonds is 3. The van der Waals surface area contributed by atoms with Gasteiger partial charge in [0.2, 0.25) is 0 Å². The van der Waals surface area contributed by atoms with Crippen LogP contribution in [0.1, 0.15) is 12.5 Å². The van der Waals surface area contributed by atoms with E-state index in [0.717, 1.165) is 12.1 Å². The van der Waals surface area contributed by atoms with Gasteiger partial charge in [-0.1, -0.05) is 17.7 Å². The second-order valence-electron chi connectivity index (χ2n) is 4.05. The van der Waals surface area contributed by atoms with Crippen molar-refractivity contribution < 1.29 is 22.4 Å². The van der Waals surface area contributed by atoms with Crippen LogP contribution in [0.25, 0.3) is 0 Å². The Balaban J connectivity index is 2.91. The van der Waals surface area contributed by atoms with E-state index in [4.69, 9.17) is 17.3 Å². The van der Waals surface area contributed by atoms with Gasteiger partial charge < -0.3 is 5.73 Å². The predicted molar refractivity (Wildman–Crippen MR) is 58.8 cm³/mol. The van der Waals surface area contributed by atoms with Crippen LogP contribution in [0, 0.1) is 5.82 Å². The zero-order chi connectivity index (χ0) is 14.1. The molecule has 0 aliphatic rings. The van der Waals surface area contributed by atoms with Crippen LogP contribution in [0.2, 0.25) is 5.02 Å². The third-order valence-corrected chi connectivity index (χ3v) is 2.81. The summed E-state index contributed by atoms with van der Waals surface area (Å²) in [6, 6.07) is 3.26. The number of alkyl halides is 3. The summed E-state index contributed by atoms with van der Waals surface area (Å²) in [5.74, 6) is -1.92. The van der Waals surface area contributed by atoms with E-state index in [1.807, 2.05) is 0 Å². The predicted octanol–water partition coefficient (Wildman–Crippen LogP) is 2.87. The van der Waals surface area contributed by atoms with Gasteiger partial charge in [-0.25, -0.2) is 4.39 Å². The maximum atomic E-state index is 12.8. The normalized spacial score (nSPS) is 15.3. The minimum absolute atomic E-state index is 0.173. The minimum atomic E-state index is -4.84. The van der Waals surface area contributed by atoms with Gasteiger partial charge in [-0.05, 0) is 24.6 Å². The molecule has 1 atom stereocenters. The number of halogens is 5. The third kappa shape index (κ3) is 3.00. The van der Waals surface area contributed by atoms with E-state index in [2.05, 4.69) is 0 Å². The molecule has 0 radical (unpaired) electrons. The Kier molecular flexibility index (Phi) is 4.02. The van der Waals surface area contributed by atoms with Crippen LogP contribution in [0.15, 0.2) is 18.2 Å². The highest BCUT2D eigenvalue weighted by Crippen LogP contribution is 2.29. The molecular weight excluding hydrogens is 274 g/mol. The number of hydrogen-bond acceptors (Lipinski definition) is 2. The fourth-order valence-electron chi connectivity index (χ4n) is 1.18. The molecule has 2 N–H and O–H groups in total. The van der Waals surface area contributed by atoms with Gasteiger partial charge in [-0.3, -0.25) is 4.79 Å². The Hall–Kier alpha value is -1.14. The summed E-state index contributed by atoms with van der Waals surface area (Å²) in [6.45, 7) is 0.598. The van der Waals surface area contributed by atoms with Gasteiger partial charge in [0.05, 0.1) is 5.02 Å². The molecule has 0 amide bonds. The number of Topliss-reactive ketones (excluding diaryl/α,β-unsaturated/α-hetero) is 1. The van der Waals surface area contributed by atoms with Crippen molar-refractivity contribution in [2.45, 2.75) is 25.1 Å². The first-order valence-corrected chi connectivity index (χ1v) is 5.26. The van der Waals surface area contributed by atoms with Crippen molar-refractivity contribution in [2.75, 3.05) is 0 Å². The molecule has 1 aromatic rings. The maximum absolute atomic E-state index is 12.8. The van der Waals surface area contributed by atoms with Crippen LogP contribution in [0.5, 0.6) is 0 Å². The highest BCUT2D eigenvalue weighted by atomic mass is 35.5. The molecule has 0 heterocycles. The minimum Gasteiger partial charge on any atom is -0.312 e. The lowest BCUT2D eigenvalue weighted by molar-refractivity contribution is -0.185. The van der Waals surface area contributed by atoms with Crippen LogP contribution >= 0.6 is 11.6 Å². The number of ketones is 1. The number of carbonyl (C=O) groups excluding carboxylic acids is 1. The first kappa shape index (κ1) is 14.9. The van der Waals surface area contributed by atoms with Crippen molar-refractivity contribution in [3.8, 4) is 0 Å². The Bertz CT molecular complexity index is 471. The Morgan fingerprint density at radius 1 is 1.39 bits per heavy atom. The van der Waals surface area contributed by atoms with Crippen LogP contribution in [-0.2, 0) is 11.2 Å². The summed E-state index contributed by atoms with van der Waals surface area (Å²) in [5, 5.41) is -0.258. The second kappa shape index (κ2) is 4.85. The Labute approximate surface area is 106 Å². The van der Waals surface area contributed by atoms with E-state index in [1.165, 1.54) is 6.07 Å². The standard InChI is InChI=1S/C11H10ClF4NO/c1-10(17,11(14,15)16)9(18)5-6-2-3-8(13)7(12)4-6/h2-4H,5,17H2,1H3. The molecule has 0 fully saturated rings. The van der Waals surface area contributed by atoms with Crippen LogP contribution in [0.3, 0.4) is 0 Å². The lowest BCUT2D eigenvalue weighted by Crippen LogP contribution is -2.57. The van der Waals surface area contributed by atoms with E-state index in [1.54, 1.807) is 0 Å². The average molecular weight is 284 g/mol. The molecule has 7 heteroatoms. The largest absolute Gasteiger partial charge is 0.413 e. The fraction of sp³-hybridized carbons (Fsp3) is 0.364. The van der Waals surface area contributed by atoms with Gasteiger partial charge in [-0.2, -0.15) is 13.2 Å². The van der Waals surface area contributed by atoms with Gasteiger partial charge in [0.1, 0.15) is 5.82 Å². The second-order valence-corrected chi connectivity index (χ2v) is 4.46. The summed E-state index contributed by atoms with van der Waals surface area (Å²) in [7, 11) is 0. The van der Waals surface area contributed by atoms with Gasteiger partial charge in [-0.15, -0.1) is 0 Å². The summed E-state index contributed by atoms with van der Waals surface area (Å²) >= 11 is 5.46. The summed E-state index contributed by atoms with van der Waals surface area (Å²) < 4.78 is 50.3. The number of benzene rings is 1. The molecule has 100 valence electrons. The Morgan fingerprint density at radius 2 is 1.94 bits per heavy atom. The summed E-state index contributed by atoms with van der Waals surface area (Å²) in [6.07, 6.45) is -5.40. The van der Waals surface area contributed by atoms with E-state index in [9.17, 15) is 22.4 Å². The molecule has 18 heavy (non-hydrogen) atoms. The monoisotopic (exact) mass is 283 g/mol. The lowest BCUT2D eigenvalue weighted by atomic mass is 9.92. The quantitative estimate of drug-likeness (QED) is 0.867. The van der Waals surface area contributed by atoms with E-state index in [0.29, 0.717) is 6.92 Å². The van der Waals surface area contributed by atoms with E-state index < -0.39 is 29.7 Å². The van der Waals surface area contributed by atoms with Gasteiger partial charge in [0.15, 0.2) is 11.3 Å². The molecule has 0 saturated heterocycles. The number of carbonyl (C=O) groups is 1. The van der Waals surface area contributed by atoms with Crippen molar-refractivity contribution in [1.29, 1.82) is 0 Å². The van der Waals surface area contributed by atoms with Gasteiger partial charge in [0.25, 0.3) is 0 Å². The van der Waals surface area contributed by atoms with Crippen molar-refractivity contribution in [3.05, 3.63) is 34.6 Å². The maximum Gasteiger partial charge on any atom is 0.413 e. The molecule has 0 aliphatic heterocycles. The van der Waals surface area contributed by atoms with Gasteiger partial charge in [0, 0.05) is 6.42 Å². The van der Waals surface area contributed by atoms with Crippen LogP contribution in [-0.4, -0.2) is 17.5 Å². The van der Waals surface area contributed by atoms with Crippen molar-refractivity contribution in [3.63, 3.8) is 0 Å². The molecule has 0 bridgehead atoms. The molecule has 1 unspecified atom stereocenters. The number of hydrogen-bond donors (Lipinski definition) is 1. The first-order valence-electron chi connectivity index (χ1n) is 4.88. The van der Waals surface area contributed by atoms with Crippen LogP contribution in [0.4, 0.5) is 17.6 Å². The average Bonchev–Trinajstić information content (AvgIpc) is 2.21. The van der Waals surface area contributed by atoms with Gasteiger partial charge >= 0.3 is 6.18 Å². The van der Waals surface area contributed by atoms with E-state index >= 15 is 0 Å². The van der Waals surface area contributed by atoms with Crippen molar-refractivity contribution >= 4 is 17.4 Å². The lowest BCUT2D eigenvalue weighted by Gasteiger charge is -2.25. The molecule has 1 rings (SSSR count). The molecule has 0 aliphatic carbocycles. The Morgan fingerprint density at radius 3 is 2.39 bits per heavy atom. The third-order valence-electron chi connectivity index (χ3n) is 2.52.